The van der Waals surface area contributed by atoms with E-state index < -0.39 is 5.60 Å². The number of hydrogen-bond acceptors (Lipinski definition) is 4. The van der Waals surface area contributed by atoms with Crippen molar-refractivity contribution in [3.63, 3.8) is 0 Å². The van der Waals surface area contributed by atoms with Crippen LogP contribution in [0.4, 0.5) is 0 Å². The molecule has 1 unspecified atom stereocenters. The Hall–Kier alpha value is -0.970. The minimum absolute atomic E-state index is 0.0315. The molecule has 4 heteroatoms. The van der Waals surface area contributed by atoms with E-state index >= 15 is 0 Å². The molecule has 0 radical (unpaired) electrons. The normalized spacial score (nSPS) is 28.9. The van der Waals surface area contributed by atoms with Crippen LogP contribution in [0.2, 0.25) is 0 Å². The molecule has 0 aliphatic carbocycles. The van der Waals surface area contributed by atoms with Crippen molar-refractivity contribution < 1.29 is 5.11 Å². The summed E-state index contributed by atoms with van der Waals surface area (Å²) >= 11 is 0. The Morgan fingerprint density at radius 2 is 1.94 bits per heavy atom. The standard InChI is InChI=1S/C14H23N3O/c1-13(2)9-16-10-14(3,18)11-17(13)8-12-4-6-15-7-5-12/h4-7,16,18H,8-11H2,1-3H3. The van der Waals surface area contributed by atoms with Gasteiger partial charge in [-0.1, -0.05) is 0 Å². The van der Waals surface area contributed by atoms with Gasteiger partial charge in [0, 0.05) is 44.1 Å². The van der Waals surface area contributed by atoms with Gasteiger partial charge in [0.25, 0.3) is 0 Å². The Labute approximate surface area is 109 Å². The second-order valence-corrected chi connectivity index (χ2v) is 6.12. The van der Waals surface area contributed by atoms with Crippen LogP contribution in [-0.4, -0.2) is 45.8 Å². The molecule has 0 bridgehead atoms. The highest BCUT2D eigenvalue weighted by atomic mass is 16.3. The monoisotopic (exact) mass is 249 g/mol. The third-order valence-corrected chi connectivity index (χ3v) is 3.57. The number of aromatic nitrogens is 1. The number of aliphatic hydroxyl groups is 1. The zero-order chi connectivity index (χ0) is 13.2. The summed E-state index contributed by atoms with van der Waals surface area (Å²) in [5.74, 6) is 0. The molecular weight excluding hydrogens is 226 g/mol. The first kappa shape index (κ1) is 13.5. The Morgan fingerprint density at radius 1 is 1.28 bits per heavy atom. The van der Waals surface area contributed by atoms with Crippen LogP contribution in [0.3, 0.4) is 0 Å². The highest BCUT2D eigenvalue weighted by Gasteiger charge is 2.36. The van der Waals surface area contributed by atoms with Crippen LogP contribution in [0.5, 0.6) is 0 Å². The summed E-state index contributed by atoms with van der Waals surface area (Å²) in [6, 6.07) is 4.06. The second-order valence-electron chi connectivity index (χ2n) is 6.12. The van der Waals surface area contributed by atoms with Crippen LogP contribution < -0.4 is 5.32 Å². The average Bonchev–Trinajstić information content (AvgIpc) is 2.37. The highest BCUT2D eigenvalue weighted by molar-refractivity contribution is 5.11. The zero-order valence-electron chi connectivity index (χ0n) is 11.5. The van der Waals surface area contributed by atoms with Gasteiger partial charge in [0.1, 0.15) is 0 Å². The summed E-state index contributed by atoms with van der Waals surface area (Å²) in [6.07, 6.45) is 3.63. The van der Waals surface area contributed by atoms with Gasteiger partial charge in [0.05, 0.1) is 5.60 Å². The maximum Gasteiger partial charge on any atom is 0.0870 e. The first-order valence-electron chi connectivity index (χ1n) is 6.46. The SMILES string of the molecule is CC1(O)CNCC(C)(C)N(Cc2ccncc2)C1. The number of pyridine rings is 1. The Balaban J connectivity index is 2.16. The Morgan fingerprint density at radius 3 is 2.61 bits per heavy atom. The van der Waals surface area contributed by atoms with Crippen molar-refractivity contribution in [1.29, 1.82) is 0 Å². The maximum atomic E-state index is 10.3. The summed E-state index contributed by atoms with van der Waals surface area (Å²) in [5.41, 5.74) is 0.584. The third-order valence-electron chi connectivity index (χ3n) is 3.57. The van der Waals surface area contributed by atoms with Crippen molar-refractivity contribution in [2.75, 3.05) is 19.6 Å². The van der Waals surface area contributed by atoms with Gasteiger partial charge in [-0.15, -0.1) is 0 Å². The number of hydrogen-bond donors (Lipinski definition) is 2. The zero-order valence-corrected chi connectivity index (χ0v) is 11.5. The molecule has 4 nitrogen and oxygen atoms in total. The minimum Gasteiger partial charge on any atom is -0.388 e. The lowest BCUT2D eigenvalue weighted by Gasteiger charge is -2.38. The van der Waals surface area contributed by atoms with E-state index in [1.807, 2.05) is 31.5 Å². The van der Waals surface area contributed by atoms with E-state index in [0.717, 1.165) is 13.1 Å². The van der Waals surface area contributed by atoms with Gasteiger partial charge < -0.3 is 10.4 Å². The largest absolute Gasteiger partial charge is 0.388 e. The predicted octanol–water partition coefficient (Wildman–Crippen LogP) is 1.02. The van der Waals surface area contributed by atoms with Crippen LogP contribution in [0.1, 0.15) is 26.3 Å². The van der Waals surface area contributed by atoms with Gasteiger partial charge in [0.15, 0.2) is 0 Å². The molecule has 1 aromatic heterocycles. The number of nitrogens with zero attached hydrogens (tertiary/aromatic N) is 2. The van der Waals surface area contributed by atoms with Crippen molar-refractivity contribution in [2.24, 2.45) is 0 Å². The summed E-state index contributed by atoms with van der Waals surface area (Å²) in [7, 11) is 0. The van der Waals surface area contributed by atoms with E-state index in [-0.39, 0.29) is 5.54 Å². The molecule has 1 fully saturated rings. The molecule has 1 aliphatic rings. The van der Waals surface area contributed by atoms with Crippen LogP contribution in [0, 0.1) is 0 Å². The van der Waals surface area contributed by atoms with E-state index in [1.54, 1.807) is 0 Å². The first-order valence-corrected chi connectivity index (χ1v) is 6.46. The Kier molecular flexibility index (Phi) is 3.71. The van der Waals surface area contributed by atoms with Crippen molar-refractivity contribution in [3.05, 3.63) is 30.1 Å². The fraction of sp³-hybridized carbons (Fsp3) is 0.643. The fourth-order valence-electron chi connectivity index (χ4n) is 2.41. The van der Waals surface area contributed by atoms with Gasteiger partial charge in [-0.05, 0) is 38.5 Å². The van der Waals surface area contributed by atoms with Gasteiger partial charge in [0.2, 0.25) is 0 Å². The predicted molar refractivity (Wildman–Crippen MR) is 72.2 cm³/mol. The minimum atomic E-state index is -0.680. The molecule has 0 aromatic carbocycles. The summed E-state index contributed by atoms with van der Waals surface area (Å²) in [4.78, 5) is 6.38. The van der Waals surface area contributed by atoms with Crippen molar-refractivity contribution in [2.45, 2.75) is 38.5 Å². The van der Waals surface area contributed by atoms with Crippen molar-refractivity contribution in [3.8, 4) is 0 Å². The van der Waals surface area contributed by atoms with E-state index in [1.165, 1.54) is 5.56 Å². The van der Waals surface area contributed by atoms with Gasteiger partial charge in [-0.3, -0.25) is 9.88 Å². The molecule has 2 N–H and O–H groups in total. The Bertz CT molecular complexity index is 389. The molecule has 0 amide bonds. The van der Waals surface area contributed by atoms with Crippen LogP contribution in [0.15, 0.2) is 24.5 Å². The molecule has 1 aliphatic heterocycles. The number of nitrogens with one attached hydrogen (secondary N) is 1. The first-order chi connectivity index (χ1) is 8.39. The third kappa shape index (κ3) is 3.28. The maximum absolute atomic E-state index is 10.3. The van der Waals surface area contributed by atoms with Gasteiger partial charge in [-0.2, -0.15) is 0 Å². The van der Waals surface area contributed by atoms with Crippen molar-refractivity contribution in [1.82, 2.24) is 15.2 Å². The molecular formula is C14H23N3O. The molecule has 0 saturated carbocycles. The molecule has 100 valence electrons. The smallest absolute Gasteiger partial charge is 0.0870 e. The van der Waals surface area contributed by atoms with E-state index in [0.29, 0.717) is 13.1 Å². The van der Waals surface area contributed by atoms with Crippen molar-refractivity contribution >= 4 is 0 Å². The molecule has 2 heterocycles. The molecule has 2 rings (SSSR count). The fourth-order valence-corrected chi connectivity index (χ4v) is 2.41. The van der Waals surface area contributed by atoms with Crippen LogP contribution in [0.25, 0.3) is 0 Å². The molecule has 1 saturated heterocycles. The molecule has 1 atom stereocenters. The molecule has 18 heavy (non-hydrogen) atoms. The van der Waals surface area contributed by atoms with Gasteiger partial charge >= 0.3 is 0 Å². The average molecular weight is 249 g/mol. The molecule has 1 aromatic rings. The van der Waals surface area contributed by atoms with Crippen LogP contribution >= 0.6 is 0 Å². The molecule has 0 spiro atoms. The van der Waals surface area contributed by atoms with Gasteiger partial charge in [-0.25, -0.2) is 0 Å². The lowest BCUT2D eigenvalue weighted by Crippen LogP contribution is -2.50. The number of β-amino-alcohol motifs (C(OH)–C–C–N with tert-alkyl or cyclic N) is 1. The number of rotatable bonds is 2. The van der Waals surface area contributed by atoms with E-state index in [2.05, 4.69) is 29.0 Å². The second kappa shape index (κ2) is 4.96. The summed E-state index contributed by atoms with van der Waals surface area (Å²) in [6.45, 7) is 9.35. The highest BCUT2D eigenvalue weighted by Crippen LogP contribution is 2.23. The topological polar surface area (TPSA) is 48.4 Å². The van der Waals surface area contributed by atoms with E-state index in [9.17, 15) is 5.11 Å². The quantitative estimate of drug-likeness (QED) is 0.821. The lowest BCUT2D eigenvalue weighted by atomic mass is 10.0. The summed E-state index contributed by atoms with van der Waals surface area (Å²) in [5, 5.41) is 13.7. The van der Waals surface area contributed by atoms with E-state index in [4.69, 9.17) is 0 Å². The summed E-state index contributed by atoms with van der Waals surface area (Å²) < 4.78 is 0. The lowest BCUT2D eigenvalue weighted by molar-refractivity contribution is 0.00626. The van der Waals surface area contributed by atoms with Crippen LogP contribution in [-0.2, 0) is 6.54 Å².